The molecule has 0 radical (unpaired) electrons. The van der Waals surface area contributed by atoms with Gasteiger partial charge in [-0.2, -0.15) is 23.1 Å². The first-order chi connectivity index (χ1) is 21.0. The van der Waals surface area contributed by atoms with Crippen LogP contribution >= 0.6 is 0 Å². The molecule has 5 atom stereocenters. The van der Waals surface area contributed by atoms with E-state index in [0.29, 0.717) is 25.3 Å². The fourth-order valence-electron chi connectivity index (χ4n) is 8.01. The summed E-state index contributed by atoms with van der Waals surface area (Å²) in [5.74, 6) is -1.07. The summed E-state index contributed by atoms with van der Waals surface area (Å²) in [6, 6.07) is 1.01. The molecule has 5 aliphatic heterocycles. The molecule has 4 saturated heterocycles. The second-order valence-electron chi connectivity index (χ2n) is 12.7. The van der Waals surface area contributed by atoms with Gasteiger partial charge in [0.15, 0.2) is 5.82 Å². The molecule has 0 unspecified atom stereocenters. The van der Waals surface area contributed by atoms with Crippen molar-refractivity contribution >= 4 is 22.5 Å². The first-order valence-corrected chi connectivity index (χ1v) is 14.9. The van der Waals surface area contributed by atoms with E-state index in [1.54, 1.807) is 0 Å². The third-order valence-electron chi connectivity index (χ3n) is 9.91. The molecule has 5 aliphatic rings. The lowest BCUT2D eigenvalue weighted by atomic mass is 9.95. The predicted molar refractivity (Wildman–Crippen MR) is 150 cm³/mol. The standard InChI is InChI=1S/C29H31F5N8O2/c1-13-7-18(35)37-23(20(13)29(32,33)34)24-21(31)22-19-25(42-10-15-3-4-16(36-15)17(42)11-43-26(19)38-24)40-27(39-22)44-12-28-5-2-6-41(28)9-14(30)8-28/h7,14-17,36H,2-6,8-12H2,1H3,(H2,35,37)/t14-,15+,16-,17-,28+/m1/s1. The Morgan fingerprint density at radius 1 is 1.16 bits per heavy atom. The van der Waals surface area contributed by atoms with Crippen molar-refractivity contribution in [2.45, 2.75) is 75.0 Å². The molecule has 0 aliphatic carbocycles. The molecule has 234 valence electrons. The third kappa shape index (κ3) is 4.25. The minimum Gasteiger partial charge on any atom is -0.475 e. The highest BCUT2D eigenvalue weighted by Gasteiger charge is 2.50. The molecular weight excluding hydrogens is 587 g/mol. The van der Waals surface area contributed by atoms with Gasteiger partial charge in [-0.05, 0) is 50.8 Å². The quantitative estimate of drug-likeness (QED) is 0.419. The number of hydrogen-bond donors (Lipinski definition) is 2. The SMILES string of the molecule is Cc1cc(N)nc(-c2nc3c4c(nc(OC[C@@]56CCCN5C[C@H](F)C6)nc4c2F)N2C[C@@H]4CC[C@@H](N4)[C@H]2CO3)c1C(F)(F)F. The largest absolute Gasteiger partial charge is 0.475 e. The lowest BCUT2D eigenvalue weighted by molar-refractivity contribution is -0.137. The average molecular weight is 619 g/mol. The van der Waals surface area contributed by atoms with Gasteiger partial charge in [0.25, 0.3) is 0 Å². The molecule has 0 spiro atoms. The van der Waals surface area contributed by atoms with E-state index in [0.717, 1.165) is 38.3 Å². The highest BCUT2D eigenvalue weighted by molar-refractivity contribution is 5.97. The van der Waals surface area contributed by atoms with Crippen LogP contribution in [-0.2, 0) is 6.18 Å². The number of pyridine rings is 2. The summed E-state index contributed by atoms with van der Waals surface area (Å²) < 4.78 is 86.1. The summed E-state index contributed by atoms with van der Waals surface area (Å²) in [6.45, 7) is 3.14. The Hall–Kier alpha value is -3.59. The molecular formula is C29H31F5N8O2. The van der Waals surface area contributed by atoms with Crippen LogP contribution in [-0.4, -0.2) is 87.5 Å². The van der Waals surface area contributed by atoms with Gasteiger partial charge in [-0.25, -0.2) is 18.7 Å². The molecule has 15 heteroatoms. The monoisotopic (exact) mass is 618 g/mol. The summed E-state index contributed by atoms with van der Waals surface area (Å²) in [4.78, 5) is 21.5. The van der Waals surface area contributed by atoms with Gasteiger partial charge >= 0.3 is 12.2 Å². The molecule has 3 aromatic heterocycles. The number of fused-ring (bicyclic) bond motifs is 6. The van der Waals surface area contributed by atoms with Crippen molar-refractivity contribution < 1.29 is 31.4 Å². The van der Waals surface area contributed by atoms with Crippen LogP contribution in [0.4, 0.5) is 33.6 Å². The van der Waals surface area contributed by atoms with E-state index in [1.807, 2.05) is 4.90 Å². The van der Waals surface area contributed by atoms with Crippen molar-refractivity contribution in [3.8, 4) is 23.3 Å². The van der Waals surface area contributed by atoms with Crippen molar-refractivity contribution in [1.82, 2.24) is 30.2 Å². The van der Waals surface area contributed by atoms with Crippen LogP contribution in [0.3, 0.4) is 0 Å². The molecule has 0 saturated carbocycles. The Kier molecular flexibility index (Phi) is 6.16. The number of alkyl halides is 4. The summed E-state index contributed by atoms with van der Waals surface area (Å²) in [5, 5.41) is 3.74. The Morgan fingerprint density at radius 3 is 2.82 bits per heavy atom. The van der Waals surface area contributed by atoms with Gasteiger partial charge in [0, 0.05) is 31.6 Å². The van der Waals surface area contributed by atoms with Crippen molar-refractivity contribution in [3.63, 3.8) is 0 Å². The minimum absolute atomic E-state index is 0.0720. The molecule has 2 bridgehead atoms. The van der Waals surface area contributed by atoms with Gasteiger partial charge in [0.05, 0.1) is 17.1 Å². The molecule has 8 rings (SSSR count). The molecule has 10 nitrogen and oxygen atoms in total. The first-order valence-electron chi connectivity index (χ1n) is 14.9. The zero-order valence-corrected chi connectivity index (χ0v) is 23.9. The van der Waals surface area contributed by atoms with Crippen LogP contribution in [0.5, 0.6) is 11.9 Å². The van der Waals surface area contributed by atoms with E-state index in [9.17, 15) is 17.6 Å². The summed E-state index contributed by atoms with van der Waals surface area (Å²) in [6.07, 6.45) is -2.01. The number of nitrogen functional groups attached to an aromatic ring is 1. The van der Waals surface area contributed by atoms with Crippen molar-refractivity contribution in [1.29, 1.82) is 0 Å². The molecule has 3 aromatic rings. The second-order valence-corrected chi connectivity index (χ2v) is 12.7. The number of hydrogen-bond acceptors (Lipinski definition) is 10. The van der Waals surface area contributed by atoms with E-state index >= 15 is 4.39 Å². The summed E-state index contributed by atoms with van der Waals surface area (Å²) in [5.41, 5.74) is 2.25. The summed E-state index contributed by atoms with van der Waals surface area (Å²) in [7, 11) is 0. The number of anilines is 2. The smallest absolute Gasteiger partial charge is 0.418 e. The number of rotatable bonds is 4. The summed E-state index contributed by atoms with van der Waals surface area (Å²) >= 11 is 0. The van der Waals surface area contributed by atoms with Crippen LogP contribution in [0.1, 0.15) is 43.2 Å². The zero-order valence-electron chi connectivity index (χ0n) is 23.9. The highest BCUT2D eigenvalue weighted by Crippen LogP contribution is 2.46. The van der Waals surface area contributed by atoms with Gasteiger partial charge in [0.2, 0.25) is 5.88 Å². The molecule has 44 heavy (non-hydrogen) atoms. The van der Waals surface area contributed by atoms with Crippen LogP contribution in [0.15, 0.2) is 6.07 Å². The van der Waals surface area contributed by atoms with Crippen LogP contribution in [0.2, 0.25) is 0 Å². The second kappa shape index (κ2) is 9.70. The van der Waals surface area contributed by atoms with E-state index < -0.39 is 40.7 Å². The van der Waals surface area contributed by atoms with E-state index in [2.05, 4.69) is 25.2 Å². The fourth-order valence-corrected chi connectivity index (χ4v) is 8.01. The lowest BCUT2D eigenvalue weighted by Gasteiger charge is -2.40. The van der Waals surface area contributed by atoms with Gasteiger partial charge in [-0.1, -0.05) is 0 Å². The van der Waals surface area contributed by atoms with Gasteiger partial charge < -0.3 is 25.4 Å². The number of nitrogens with two attached hydrogens (primary N) is 1. The highest BCUT2D eigenvalue weighted by atomic mass is 19.4. The number of ether oxygens (including phenoxy) is 2. The number of nitrogens with one attached hydrogen (secondary N) is 1. The third-order valence-corrected chi connectivity index (χ3v) is 9.91. The molecule has 0 aromatic carbocycles. The Morgan fingerprint density at radius 2 is 2.00 bits per heavy atom. The maximum absolute atomic E-state index is 16.6. The zero-order chi connectivity index (χ0) is 30.5. The average Bonchev–Trinajstić information content (AvgIpc) is 3.59. The van der Waals surface area contributed by atoms with E-state index in [-0.39, 0.29) is 65.5 Å². The van der Waals surface area contributed by atoms with Crippen molar-refractivity contribution in [2.75, 3.05) is 43.5 Å². The number of aryl methyl sites for hydroxylation is 1. The van der Waals surface area contributed by atoms with Gasteiger partial charge in [0.1, 0.15) is 53.3 Å². The molecule has 4 fully saturated rings. The van der Waals surface area contributed by atoms with Gasteiger partial charge in [-0.3, -0.25) is 4.90 Å². The lowest BCUT2D eigenvalue weighted by Crippen LogP contribution is -2.60. The minimum atomic E-state index is -4.86. The van der Waals surface area contributed by atoms with Crippen LogP contribution < -0.4 is 25.4 Å². The first kappa shape index (κ1) is 27.9. The Labute approximate surface area is 249 Å². The number of nitrogens with zero attached hydrogens (tertiary/aromatic N) is 6. The number of halogens is 5. The Bertz CT molecular complexity index is 1670. The number of piperazine rings is 1. The molecule has 8 heterocycles. The maximum Gasteiger partial charge on any atom is 0.418 e. The van der Waals surface area contributed by atoms with E-state index in [1.165, 1.54) is 6.92 Å². The number of aromatic nitrogens is 4. The fraction of sp³-hybridized carbons (Fsp3) is 0.586. The van der Waals surface area contributed by atoms with Gasteiger partial charge in [-0.15, -0.1) is 0 Å². The topological polar surface area (TPSA) is 115 Å². The Balaban J connectivity index is 1.31. The molecule has 0 amide bonds. The van der Waals surface area contributed by atoms with E-state index in [4.69, 9.17) is 20.2 Å². The normalized spacial score (nSPS) is 29.5. The molecule has 3 N–H and O–H groups in total. The van der Waals surface area contributed by atoms with Crippen LogP contribution in [0, 0.1) is 12.7 Å². The van der Waals surface area contributed by atoms with Crippen molar-refractivity contribution in [3.05, 3.63) is 23.0 Å². The predicted octanol–water partition coefficient (Wildman–Crippen LogP) is 3.79. The maximum atomic E-state index is 16.6. The van der Waals surface area contributed by atoms with Crippen LogP contribution in [0.25, 0.3) is 22.3 Å². The van der Waals surface area contributed by atoms with Crippen molar-refractivity contribution in [2.24, 2.45) is 0 Å².